The van der Waals surface area contributed by atoms with Crippen LogP contribution >= 0.6 is 0 Å². The van der Waals surface area contributed by atoms with E-state index in [0.29, 0.717) is 24.4 Å². The van der Waals surface area contributed by atoms with E-state index in [1.165, 1.54) is 10.6 Å². The van der Waals surface area contributed by atoms with E-state index in [0.717, 1.165) is 11.1 Å². The average molecular weight is 468 g/mol. The van der Waals surface area contributed by atoms with Gasteiger partial charge in [0.15, 0.2) is 12.3 Å². The van der Waals surface area contributed by atoms with Gasteiger partial charge >= 0.3 is 5.69 Å². The van der Waals surface area contributed by atoms with Gasteiger partial charge in [-0.3, -0.25) is 34.8 Å². The molecule has 10 heteroatoms. The lowest BCUT2D eigenvalue weighted by atomic mass is 10.0. The van der Waals surface area contributed by atoms with Crippen LogP contribution in [0.1, 0.15) is 60.3 Å². The van der Waals surface area contributed by atoms with Gasteiger partial charge in [0.1, 0.15) is 5.75 Å². The van der Waals surface area contributed by atoms with Gasteiger partial charge in [-0.05, 0) is 49.4 Å². The Hall–Kier alpha value is -3.95. The number of carbonyl (C=O) groups is 2. The molecule has 2 amide bonds. The van der Waals surface area contributed by atoms with Crippen LogP contribution in [-0.2, 0) is 11.3 Å². The SMILES string of the molecule is CCCn1c(=O)[nH]c(=O)c2c(C(=O)NNC(=O)COc3cc(C)ccc3C)cc(C(C)C)nc21. The van der Waals surface area contributed by atoms with Crippen molar-refractivity contribution in [2.45, 2.75) is 53.5 Å². The maximum Gasteiger partial charge on any atom is 0.329 e. The second-order valence-corrected chi connectivity index (χ2v) is 8.42. The van der Waals surface area contributed by atoms with Gasteiger partial charge in [0.25, 0.3) is 17.4 Å². The third kappa shape index (κ3) is 5.33. The number of rotatable bonds is 7. The second-order valence-electron chi connectivity index (χ2n) is 8.42. The van der Waals surface area contributed by atoms with Crippen molar-refractivity contribution in [3.05, 3.63) is 67.5 Å². The number of pyridine rings is 1. The topological polar surface area (TPSA) is 135 Å². The standard InChI is InChI=1S/C24H29N5O5/c1-6-9-29-21-20(23(32)26-24(29)33)16(11-17(25-21)13(2)3)22(31)28-27-19(30)12-34-18-10-14(4)7-8-15(18)5/h7-8,10-11,13H,6,9,12H2,1-5H3,(H,27,30)(H,28,31)(H,26,32,33). The zero-order valence-electron chi connectivity index (χ0n) is 19.9. The first-order valence-corrected chi connectivity index (χ1v) is 11.1. The number of aryl methyl sites for hydroxylation is 3. The Morgan fingerprint density at radius 3 is 2.56 bits per heavy atom. The van der Waals surface area contributed by atoms with Crippen LogP contribution in [0.2, 0.25) is 0 Å². The maximum atomic E-state index is 13.0. The smallest absolute Gasteiger partial charge is 0.329 e. The Morgan fingerprint density at radius 1 is 1.15 bits per heavy atom. The summed E-state index contributed by atoms with van der Waals surface area (Å²) in [5.41, 5.74) is 5.88. The van der Waals surface area contributed by atoms with Crippen LogP contribution in [0.4, 0.5) is 0 Å². The fraction of sp³-hybridized carbons (Fsp3) is 0.375. The molecule has 2 heterocycles. The molecule has 0 bridgehead atoms. The summed E-state index contributed by atoms with van der Waals surface area (Å²) in [6.07, 6.45) is 0.632. The summed E-state index contributed by atoms with van der Waals surface area (Å²) >= 11 is 0. The van der Waals surface area contributed by atoms with Crippen LogP contribution in [0, 0.1) is 13.8 Å². The Balaban J connectivity index is 1.86. The summed E-state index contributed by atoms with van der Waals surface area (Å²) in [5, 5.41) is -0.0177. The zero-order chi connectivity index (χ0) is 25.0. The van der Waals surface area contributed by atoms with Gasteiger partial charge in [-0.25, -0.2) is 9.78 Å². The molecule has 0 saturated heterocycles. The largest absolute Gasteiger partial charge is 0.483 e. The predicted molar refractivity (Wildman–Crippen MR) is 128 cm³/mol. The fourth-order valence-corrected chi connectivity index (χ4v) is 3.44. The van der Waals surface area contributed by atoms with Crippen molar-refractivity contribution in [1.29, 1.82) is 0 Å². The number of nitrogens with one attached hydrogen (secondary N) is 3. The highest BCUT2D eigenvalue weighted by atomic mass is 16.5. The highest BCUT2D eigenvalue weighted by molar-refractivity contribution is 6.05. The molecule has 2 aromatic heterocycles. The molecular weight excluding hydrogens is 438 g/mol. The van der Waals surface area contributed by atoms with E-state index < -0.39 is 23.1 Å². The average Bonchev–Trinajstić information content (AvgIpc) is 2.79. The number of hydrogen-bond donors (Lipinski definition) is 3. The highest BCUT2D eigenvalue weighted by Crippen LogP contribution is 2.20. The Labute approximate surface area is 196 Å². The minimum atomic E-state index is -0.718. The number of carbonyl (C=O) groups excluding carboxylic acids is 2. The summed E-state index contributed by atoms with van der Waals surface area (Å²) in [4.78, 5) is 57.0. The number of aromatic amines is 1. The quantitative estimate of drug-likeness (QED) is 0.455. The molecule has 0 radical (unpaired) electrons. The van der Waals surface area contributed by atoms with E-state index in [2.05, 4.69) is 20.8 Å². The number of ether oxygens (including phenoxy) is 1. The van der Waals surface area contributed by atoms with Gasteiger partial charge < -0.3 is 4.74 Å². The number of hydrogen-bond acceptors (Lipinski definition) is 6. The number of nitrogens with zero attached hydrogens (tertiary/aromatic N) is 2. The van der Waals surface area contributed by atoms with E-state index in [-0.39, 0.29) is 29.1 Å². The van der Waals surface area contributed by atoms with E-state index in [1.54, 1.807) is 0 Å². The van der Waals surface area contributed by atoms with Gasteiger partial charge in [-0.2, -0.15) is 0 Å². The number of aromatic nitrogens is 3. The lowest BCUT2D eigenvalue weighted by Gasteiger charge is -2.15. The van der Waals surface area contributed by atoms with Crippen molar-refractivity contribution in [3.63, 3.8) is 0 Å². The van der Waals surface area contributed by atoms with Crippen molar-refractivity contribution >= 4 is 22.8 Å². The van der Waals surface area contributed by atoms with Crippen molar-refractivity contribution in [3.8, 4) is 5.75 Å². The summed E-state index contributed by atoms with van der Waals surface area (Å²) < 4.78 is 6.89. The predicted octanol–water partition coefficient (Wildman–Crippen LogP) is 2.08. The highest BCUT2D eigenvalue weighted by Gasteiger charge is 2.21. The van der Waals surface area contributed by atoms with Crippen LogP contribution in [-0.4, -0.2) is 33.0 Å². The molecule has 1 aromatic carbocycles. The molecule has 180 valence electrons. The molecule has 3 N–H and O–H groups in total. The third-order valence-corrected chi connectivity index (χ3v) is 5.27. The number of benzene rings is 1. The van der Waals surface area contributed by atoms with Crippen molar-refractivity contribution in [1.82, 2.24) is 25.4 Å². The second kappa shape index (κ2) is 10.3. The molecule has 0 aliphatic heterocycles. The summed E-state index contributed by atoms with van der Waals surface area (Å²) in [7, 11) is 0. The first-order chi connectivity index (χ1) is 16.1. The number of hydrazine groups is 1. The van der Waals surface area contributed by atoms with E-state index in [9.17, 15) is 19.2 Å². The molecule has 0 unspecified atom stereocenters. The van der Waals surface area contributed by atoms with Crippen LogP contribution in [0.15, 0.2) is 33.9 Å². The lowest BCUT2D eigenvalue weighted by molar-refractivity contribution is -0.123. The van der Waals surface area contributed by atoms with Crippen LogP contribution in [0.3, 0.4) is 0 Å². The van der Waals surface area contributed by atoms with Gasteiger partial charge in [0, 0.05) is 12.2 Å². The van der Waals surface area contributed by atoms with E-state index in [1.807, 2.05) is 52.8 Å². The summed E-state index contributed by atoms with van der Waals surface area (Å²) in [6.45, 7) is 9.46. The molecule has 10 nitrogen and oxygen atoms in total. The molecule has 0 fully saturated rings. The van der Waals surface area contributed by atoms with Crippen LogP contribution in [0.5, 0.6) is 5.75 Å². The maximum absolute atomic E-state index is 13.0. The summed E-state index contributed by atoms with van der Waals surface area (Å²) in [6, 6.07) is 7.15. The molecule has 0 aliphatic carbocycles. The molecule has 0 atom stereocenters. The van der Waals surface area contributed by atoms with Gasteiger partial charge in [-0.1, -0.05) is 32.9 Å². The zero-order valence-corrected chi connectivity index (χ0v) is 19.9. The number of fused-ring (bicyclic) bond motifs is 1. The Morgan fingerprint density at radius 2 is 1.88 bits per heavy atom. The first kappa shape index (κ1) is 24.7. The Bertz CT molecular complexity index is 1360. The van der Waals surface area contributed by atoms with Gasteiger partial charge in [0.05, 0.1) is 10.9 Å². The van der Waals surface area contributed by atoms with Crippen LogP contribution < -0.4 is 26.8 Å². The molecule has 34 heavy (non-hydrogen) atoms. The van der Waals surface area contributed by atoms with E-state index in [4.69, 9.17) is 4.74 Å². The van der Waals surface area contributed by atoms with Crippen LogP contribution in [0.25, 0.3) is 11.0 Å². The molecule has 0 aliphatic rings. The minimum Gasteiger partial charge on any atom is -0.483 e. The molecule has 3 rings (SSSR count). The fourth-order valence-electron chi connectivity index (χ4n) is 3.44. The van der Waals surface area contributed by atoms with Crippen molar-refractivity contribution in [2.75, 3.05) is 6.61 Å². The first-order valence-electron chi connectivity index (χ1n) is 11.1. The monoisotopic (exact) mass is 467 g/mol. The lowest BCUT2D eigenvalue weighted by Crippen LogP contribution is -2.44. The van der Waals surface area contributed by atoms with E-state index >= 15 is 0 Å². The van der Waals surface area contributed by atoms with Gasteiger partial charge in [0.2, 0.25) is 0 Å². The number of amides is 2. The number of H-pyrrole nitrogens is 1. The van der Waals surface area contributed by atoms with Gasteiger partial charge in [-0.15, -0.1) is 0 Å². The molecule has 0 spiro atoms. The third-order valence-electron chi connectivity index (χ3n) is 5.27. The Kier molecular flexibility index (Phi) is 7.50. The molecule has 3 aromatic rings. The minimum absolute atomic E-state index is 0.00977. The molecular formula is C24H29N5O5. The summed E-state index contributed by atoms with van der Waals surface area (Å²) in [5.74, 6) is -0.778. The van der Waals surface area contributed by atoms with Crippen molar-refractivity contribution < 1.29 is 14.3 Å². The normalized spacial score (nSPS) is 11.0. The molecule has 0 saturated carbocycles. The van der Waals surface area contributed by atoms with Crippen molar-refractivity contribution in [2.24, 2.45) is 0 Å².